The van der Waals surface area contributed by atoms with Gasteiger partial charge in [-0.15, -0.1) is 11.3 Å². The first-order valence-corrected chi connectivity index (χ1v) is 7.77. The Morgan fingerprint density at radius 2 is 2.21 bits per heavy atom. The summed E-state index contributed by atoms with van der Waals surface area (Å²) in [7, 11) is 0. The van der Waals surface area contributed by atoms with Gasteiger partial charge in [-0.1, -0.05) is 20.8 Å². The third-order valence-electron chi connectivity index (χ3n) is 2.65. The fraction of sp³-hybridized carbons (Fsp3) is 0.714. The maximum Gasteiger partial charge on any atom is 0.320 e. The molecule has 0 bridgehead atoms. The van der Waals surface area contributed by atoms with Gasteiger partial charge in [-0.25, -0.2) is 4.98 Å². The van der Waals surface area contributed by atoms with E-state index in [1.165, 1.54) is 0 Å². The highest BCUT2D eigenvalue weighted by Crippen LogP contribution is 2.20. The van der Waals surface area contributed by atoms with E-state index >= 15 is 0 Å². The molecule has 1 aromatic rings. The van der Waals surface area contributed by atoms with E-state index in [-0.39, 0.29) is 5.97 Å². The van der Waals surface area contributed by atoms with Gasteiger partial charge in [0, 0.05) is 17.8 Å². The number of aromatic nitrogens is 1. The molecule has 0 aromatic carbocycles. The van der Waals surface area contributed by atoms with E-state index in [2.05, 4.69) is 36.0 Å². The van der Waals surface area contributed by atoms with E-state index in [9.17, 15) is 4.79 Å². The molecule has 0 aliphatic carbocycles. The summed E-state index contributed by atoms with van der Waals surface area (Å²) in [5, 5.41) is 3.24. The van der Waals surface area contributed by atoms with Crippen LogP contribution in [-0.4, -0.2) is 35.5 Å². The maximum absolute atomic E-state index is 11.6. The molecule has 0 fully saturated rings. The molecule has 19 heavy (non-hydrogen) atoms. The summed E-state index contributed by atoms with van der Waals surface area (Å²) in [5.41, 5.74) is 1.05. The summed E-state index contributed by atoms with van der Waals surface area (Å²) in [6.45, 7) is 10.6. The molecule has 0 N–H and O–H groups in total. The number of ether oxygens (including phenoxy) is 1. The minimum absolute atomic E-state index is 0.157. The molecule has 4 nitrogen and oxygen atoms in total. The van der Waals surface area contributed by atoms with Crippen LogP contribution in [0.25, 0.3) is 0 Å². The summed E-state index contributed by atoms with van der Waals surface area (Å²) in [5.74, 6) is 0.304. The minimum Gasteiger partial charge on any atom is -0.465 e. The largest absolute Gasteiger partial charge is 0.465 e. The Morgan fingerprint density at radius 3 is 2.74 bits per heavy atom. The van der Waals surface area contributed by atoms with E-state index in [0.29, 0.717) is 19.1 Å². The van der Waals surface area contributed by atoms with E-state index in [4.69, 9.17) is 4.74 Å². The Hall–Kier alpha value is -0.940. The average Bonchev–Trinajstić information content (AvgIpc) is 2.78. The van der Waals surface area contributed by atoms with Crippen LogP contribution in [0.3, 0.4) is 0 Å². The van der Waals surface area contributed by atoms with Gasteiger partial charge in [0.1, 0.15) is 0 Å². The molecule has 1 rings (SSSR count). The van der Waals surface area contributed by atoms with Gasteiger partial charge in [-0.05, 0) is 19.9 Å². The molecule has 0 atom stereocenters. The van der Waals surface area contributed by atoms with Crippen LogP contribution in [0.2, 0.25) is 0 Å². The molecule has 5 heteroatoms. The topological polar surface area (TPSA) is 42.4 Å². The van der Waals surface area contributed by atoms with Crippen molar-refractivity contribution in [2.45, 2.75) is 46.6 Å². The number of nitrogens with zero attached hydrogens (tertiary/aromatic N) is 2. The predicted molar refractivity (Wildman–Crippen MR) is 78.4 cm³/mol. The summed E-state index contributed by atoms with van der Waals surface area (Å²) in [6, 6.07) is 0. The number of thiazole rings is 1. The van der Waals surface area contributed by atoms with Crippen LogP contribution in [0.1, 0.15) is 50.7 Å². The lowest BCUT2D eigenvalue weighted by Crippen LogP contribution is -2.31. The lowest BCUT2D eigenvalue weighted by Gasteiger charge is -2.19. The van der Waals surface area contributed by atoms with Crippen LogP contribution < -0.4 is 0 Å². The van der Waals surface area contributed by atoms with Crippen molar-refractivity contribution in [3.63, 3.8) is 0 Å². The van der Waals surface area contributed by atoms with Crippen molar-refractivity contribution >= 4 is 17.3 Å². The molecule has 0 spiro atoms. The second-order valence-electron chi connectivity index (χ2n) is 4.85. The number of esters is 1. The number of carbonyl (C=O) groups is 1. The smallest absolute Gasteiger partial charge is 0.320 e. The first kappa shape index (κ1) is 16.1. The van der Waals surface area contributed by atoms with E-state index in [1.807, 2.05) is 6.92 Å². The van der Waals surface area contributed by atoms with Crippen molar-refractivity contribution in [3.05, 3.63) is 16.1 Å². The molecule has 0 amide bonds. The van der Waals surface area contributed by atoms with Gasteiger partial charge in [0.2, 0.25) is 0 Å². The molecule has 0 unspecified atom stereocenters. The number of hydrogen-bond acceptors (Lipinski definition) is 5. The number of rotatable bonds is 8. The Labute approximate surface area is 119 Å². The third-order valence-corrected chi connectivity index (χ3v) is 3.84. The van der Waals surface area contributed by atoms with Crippen molar-refractivity contribution in [2.75, 3.05) is 19.7 Å². The Morgan fingerprint density at radius 1 is 1.47 bits per heavy atom. The van der Waals surface area contributed by atoms with E-state index < -0.39 is 0 Å². The maximum atomic E-state index is 11.6. The quantitative estimate of drug-likeness (QED) is 0.688. The highest BCUT2D eigenvalue weighted by molar-refractivity contribution is 7.09. The fourth-order valence-electron chi connectivity index (χ4n) is 1.81. The van der Waals surface area contributed by atoms with Crippen molar-refractivity contribution < 1.29 is 9.53 Å². The molecule has 0 radical (unpaired) electrons. The van der Waals surface area contributed by atoms with Gasteiger partial charge in [-0.3, -0.25) is 9.69 Å². The molecule has 0 saturated heterocycles. The summed E-state index contributed by atoms with van der Waals surface area (Å²) >= 11 is 1.69. The zero-order chi connectivity index (χ0) is 14.3. The zero-order valence-electron chi connectivity index (χ0n) is 12.3. The zero-order valence-corrected chi connectivity index (χ0v) is 13.1. The lowest BCUT2D eigenvalue weighted by atomic mass is 10.2. The van der Waals surface area contributed by atoms with Crippen LogP contribution >= 0.6 is 11.3 Å². The summed E-state index contributed by atoms with van der Waals surface area (Å²) < 4.78 is 5.00. The second-order valence-corrected chi connectivity index (χ2v) is 5.74. The Bertz CT molecular complexity index is 391. The lowest BCUT2D eigenvalue weighted by molar-refractivity contribution is -0.144. The predicted octanol–water partition coefficient (Wildman–Crippen LogP) is 3.04. The van der Waals surface area contributed by atoms with Crippen molar-refractivity contribution in [3.8, 4) is 0 Å². The number of hydrogen-bond donors (Lipinski definition) is 0. The van der Waals surface area contributed by atoms with Crippen molar-refractivity contribution in [1.82, 2.24) is 9.88 Å². The van der Waals surface area contributed by atoms with Gasteiger partial charge in [0.05, 0.1) is 23.9 Å². The monoisotopic (exact) mass is 284 g/mol. The standard InChI is InChI=1S/C14H24N2O2S/c1-5-7-16(9-13(17)18-6-2)8-12-10-19-14(15-12)11(3)4/h10-11H,5-9H2,1-4H3. The Balaban J connectivity index is 2.58. The first-order chi connectivity index (χ1) is 9.06. The molecule has 108 valence electrons. The van der Waals surface area contributed by atoms with Crippen LogP contribution in [0.5, 0.6) is 0 Å². The van der Waals surface area contributed by atoms with Crippen LogP contribution in [0.4, 0.5) is 0 Å². The van der Waals surface area contributed by atoms with Gasteiger partial charge < -0.3 is 4.74 Å². The van der Waals surface area contributed by atoms with Crippen molar-refractivity contribution in [2.24, 2.45) is 0 Å². The highest BCUT2D eigenvalue weighted by atomic mass is 32.1. The molecule has 0 aliphatic heterocycles. The number of carbonyl (C=O) groups excluding carboxylic acids is 1. The van der Waals surface area contributed by atoms with Crippen LogP contribution in [-0.2, 0) is 16.1 Å². The molecule has 1 aromatic heterocycles. The average molecular weight is 284 g/mol. The Kier molecular flexibility index (Phi) is 7.02. The normalized spacial score (nSPS) is 11.3. The van der Waals surface area contributed by atoms with Crippen molar-refractivity contribution in [1.29, 1.82) is 0 Å². The van der Waals surface area contributed by atoms with Gasteiger partial charge >= 0.3 is 5.97 Å². The minimum atomic E-state index is -0.157. The third kappa shape index (κ3) is 5.70. The second kappa shape index (κ2) is 8.27. The fourth-order valence-corrected chi connectivity index (χ4v) is 2.64. The highest BCUT2D eigenvalue weighted by Gasteiger charge is 2.13. The SMILES string of the molecule is CCCN(CC(=O)OCC)Cc1csc(C(C)C)n1. The van der Waals surface area contributed by atoms with E-state index in [1.54, 1.807) is 11.3 Å². The molecule has 1 heterocycles. The molecular weight excluding hydrogens is 260 g/mol. The van der Waals surface area contributed by atoms with E-state index in [0.717, 1.165) is 30.2 Å². The van der Waals surface area contributed by atoms with Crippen LogP contribution in [0.15, 0.2) is 5.38 Å². The van der Waals surface area contributed by atoms with Gasteiger partial charge in [0.15, 0.2) is 0 Å². The summed E-state index contributed by atoms with van der Waals surface area (Å²) in [6.07, 6.45) is 1.01. The van der Waals surface area contributed by atoms with Crippen LogP contribution in [0, 0.1) is 0 Å². The van der Waals surface area contributed by atoms with Gasteiger partial charge in [-0.2, -0.15) is 0 Å². The molecular formula is C14H24N2O2S. The van der Waals surface area contributed by atoms with Gasteiger partial charge in [0.25, 0.3) is 0 Å². The summed E-state index contributed by atoms with van der Waals surface area (Å²) in [4.78, 5) is 18.3. The first-order valence-electron chi connectivity index (χ1n) is 6.89. The molecule has 0 saturated carbocycles. The molecule has 0 aliphatic rings.